The van der Waals surface area contributed by atoms with Crippen molar-refractivity contribution in [2.75, 3.05) is 26.3 Å². The Morgan fingerprint density at radius 3 is 2.62 bits per heavy atom. The number of hydrogen-bond acceptors (Lipinski definition) is 6. The summed E-state index contributed by atoms with van der Waals surface area (Å²) in [6, 6.07) is 0.717. The molecule has 11 heteroatoms. The highest BCUT2D eigenvalue weighted by Gasteiger charge is 2.32. The minimum Gasteiger partial charge on any atom is -0.378 e. The zero-order valence-corrected chi connectivity index (χ0v) is 12.1. The van der Waals surface area contributed by atoms with Crippen LogP contribution in [0, 0.1) is 0 Å². The Balaban J connectivity index is 2.01. The molecule has 0 bridgehead atoms. The van der Waals surface area contributed by atoms with Gasteiger partial charge >= 0.3 is 18.0 Å². The Hall–Kier alpha value is -2.69. The molecule has 3 heterocycles. The number of alkyl halides is 3. The second-order valence-corrected chi connectivity index (χ2v) is 4.92. The first kappa shape index (κ1) is 16.2. The highest BCUT2D eigenvalue weighted by molar-refractivity contribution is 5.80. The second-order valence-electron chi connectivity index (χ2n) is 4.92. The quantitative estimate of drug-likeness (QED) is 0.773. The first-order chi connectivity index (χ1) is 11.4. The lowest BCUT2D eigenvalue weighted by Crippen LogP contribution is -2.45. The van der Waals surface area contributed by atoms with Gasteiger partial charge in [-0.25, -0.2) is 9.59 Å². The topological polar surface area (TPSA) is 90.5 Å². The third-order valence-corrected chi connectivity index (χ3v) is 3.39. The van der Waals surface area contributed by atoms with Crippen LogP contribution in [0.25, 0.3) is 11.5 Å². The molecule has 1 aliphatic heterocycles. The van der Waals surface area contributed by atoms with Crippen LogP contribution in [0.15, 0.2) is 27.6 Å². The number of ether oxygens (including phenoxy) is 1. The van der Waals surface area contributed by atoms with Gasteiger partial charge in [-0.15, -0.1) is 0 Å². The van der Waals surface area contributed by atoms with Gasteiger partial charge in [-0.2, -0.15) is 17.7 Å². The maximum atomic E-state index is 12.8. The third kappa shape index (κ3) is 3.02. The minimum absolute atomic E-state index is 0.242. The van der Waals surface area contributed by atoms with Crippen LogP contribution in [0.4, 0.5) is 18.0 Å². The van der Waals surface area contributed by atoms with Crippen LogP contribution in [0.2, 0.25) is 0 Å². The molecule has 1 fully saturated rings. The van der Waals surface area contributed by atoms with E-state index in [0.29, 0.717) is 23.8 Å². The van der Waals surface area contributed by atoms with E-state index in [-0.39, 0.29) is 24.6 Å². The van der Waals surface area contributed by atoms with Crippen molar-refractivity contribution in [1.29, 1.82) is 0 Å². The number of amides is 1. The standard InChI is InChI=1S/C13H11F3N4O4/c14-13(15,16)8-1-2-17-9(7-8)10-18-24-12(22)20(10)11(21)19-3-5-23-6-4-19/h1-2,7H,3-6H2. The summed E-state index contributed by atoms with van der Waals surface area (Å²) in [6.07, 6.45) is -3.68. The highest BCUT2D eigenvalue weighted by Crippen LogP contribution is 2.30. The van der Waals surface area contributed by atoms with E-state index in [4.69, 9.17) is 4.74 Å². The largest absolute Gasteiger partial charge is 0.450 e. The fourth-order valence-electron chi connectivity index (χ4n) is 2.21. The van der Waals surface area contributed by atoms with Gasteiger partial charge in [0.15, 0.2) is 0 Å². The van der Waals surface area contributed by atoms with Crippen molar-refractivity contribution in [2.45, 2.75) is 6.18 Å². The zero-order chi connectivity index (χ0) is 17.3. The molecule has 24 heavy (non-hydrogen) atoms. The lowest BCUT2D eigenvalue weighted by Gasteiger charge is -2.26. The van der Waals surface area contributed by atoms with Crippen molar-refractivity contribution in [3.8, 4) is 11.5 Å². The van der Waals surface area contributed by atoms with Crippen molar-refractivity contribution < 1.29 is 27.2 Å². The predicted octanol–water partition coefficient (Wildman–Crippen LogP) is 1.22. The Morgan fingerprint density at radius 1 is 1.25 bits per heavy atom. The SMILES string of the molecule is O=C(N1CCOCC1)n1c(-c2cc(C(F)(F)F)ccn2)noc1=O. The molecule has 2 aromatic heterocycles. The zero-order valence-electron chi connectivity index (χ0n) is 12.1. The number of morpholine rings is 1. The Morgan fingerprint density at radius 2 is 1.96 bits per heavy atom. The van der Waals surface area contributed by atoms with E-state index in [0.717, 1.165) is 12.3 Å². The fraction of sp³-hybridized carbons (Fsp3) is 0.385. The number of pyridine rings is 1. The molecule has 8 nitrogen and oxygen atoms in total. The summed E-state index contributed by atoms with van der Waals surface area (Å²) in [5, 5.41) is 3.39. The van der Waals surface area contributed by atoms with Crippen molar-refractivity contribution in [3.63, 3.8) is 0 Å². The molecule has 1 amide bonds. The molecule has 0 radical (unpaired) electrons. The average molecular weight is 344 g/mol. The molecule has 0 saturated carbocycles. The first-order valence-electron chi connectivity index (χ1n) is 6.87. The van der Waals surface area contributed by atoms with Crippen LogP contribution in [0.5, 0.6) is 0 Å². The normalized spacial score (nSPS) is 15.5. The van der Waals surface area contributed by atoms with Gasteiger partial charge in [-0.1, -0.05) is 5.16 Å². The number of hydrogen-bond donors (Lipinski definition) is 0. The molecular weight excluding hydrogens is 333 g/mol. The highest BCUT2D eigenvalue weighted by atomic mass is 19.4. The smallest absolute Gasteiger partial charge is 0.378 e. The van der Waals surface area contributed by atoms with E-state index < -0.39 is 23.5 Å². The summed E-state index contributed by atoms with van der Waals surface area (Å²) in [5.74, 6) is -1.48. The minimum atomic E-state index is -4.60. The predicted molar refractivity (Wildman–Crippen MR) is 72.2 cm³/mol. The van der Waals surface area contributed by atoms with E-state index in [9.17, 15) is 22.8 Å². The summed E-state index contributed by atoms with van der Waals surface area (Å²) >= 11 is 0. The molecule has 3 rings (SSSR count). The van der Waals surface area contributed by atoms with Gasteiger partial charge in [0.1, 0.15) is 5.69 Å². The molecule has 0 aliphatic carbocycles. The number of halogens is 3. The third-order valence-electron chi connectivity index (χ3n) is 3.39. The average Bonchev–Trinajstić information content (AvgIpc) is 2.96. The maximum Gasteiger partial charge on any atom is 0.450 e. The molecule has 128 valence electrons. The molecule has 0 N–H and O–H groups in total. The molecule has 2 aromatic rings. The monoisotopic (exact) mass is 344 g/mol. The number of rotatable bonds is 1. The summed E-state index contributed by atoms with van der Waals surface area (Å²) in [4.78, 5) is 29.3. The summed E-state index contributed by atoms with van der Waals surface area (Å²) < 4.78 is 48.5. The van der Waals surface area contributed by atoms with Crippen LogP contribution in [-0.4, -0.2) is 51.9 Å². The molecular formula is C13H11F3N4O4. The van der Waals surface area contributed by atoms with Crippen LogP contribution in [0.3, 0.4) is 0 Å². The van der Waals surface area contributed by atoms with Gasteiger partial charge in [0.2, 0.25) is 5.82 Å². The van der Waals surface area contributed by atoms with Crippen molar-refractivity contribution >= 4 is 6.03 Å². The van der Waals surface area contributed by atoms with Crippen LogP contribution in [0.1, 0.15) is 5.56 Å². The van der Waals surface area contributed by atoms with E-state index in [1.807, 2.05) is 0 Å². The van der Waals surface area contributed by atoms with Crippen LogP contribution < -0.4 is 5.76 Å². The first-order valence-corrected chi connectivity index (χ1v) is 6.87. The lowest BCUT2D eigenvalue weighted by molar-refractivity contribution is -0.137. The maximum absolute atomic E-state index is 12.8. The number of aromatic nitrogens is 3. The molecule has 1 aliphatic rings. The summed E-state index contributed by atoms with van der Waals surface area (Å²) in [6.45, 7) is 1.07. The van der Waals surface area contributed by atoms with Crippen molar-refractivity contribution in [3.05, 3.63) is 34.4 Å². The van der Waals surface area contributed by atoms with E-state index in [1.54, 1.807) is 0 Å². The van der Waals surface area contributed by atoms with Gasteiger partial charge in [-0.05, 0) is 12.1 Å². The van der Waals surface area contributed by atoms with Gasteiger partial charge in [0, 0.05) is 19.3 Å². The van der Waals surface area contributed by atoms with Crippen molar-refractivity contribution in [2.24, 2.45) is 0 Å². The van der Waals surface area contributed by atoms with Gasteiger partial charge in [-0.3, -0.25) is 9.51 Å². The Labute approximate surface area is 132 Å². The fourth-order valence-corrected chi connectivity index (χ4v) is 2.21. The number of carbonyl (C=O) groups is 1. The summed E-state index contributed by atoms with van der Waals surface area (Å²) in [7, 11) is 0. The van der Waals surface area contributed by atoms with E-state index in [1.165, 1.54) is 4.90 Å². The molecule has 0 atom stereocenters. The van der Waals surface area contributed by atoms with Gasteiger partial charge in [0.05, 0.1) is 18.8 Å². The molecule has 1 saturated heterocycles. The number of carbonyl (C=O) groups excluding carboxylic acids is 1. The molecule has 0 spiro atoms. The van der Waals surface area contributed by atoms with Crippen molar-refractivity contribution in [1.82, 2.24) is 19.6 Å². The van der Waals surface area contributed by atoms with E-state index in [2.05, 4.69) is 14.7 Å². The lowest BCUT2D eigenvalue weighted by atomic mass is 10.2. The van der Waals surface area contributed by atoms with Gasteiger partial charge in [0.25, 0.3) is 0 Å². The van der Waals surface area contributed by atoms with E-state index >= 15 is 0 Å². The molecule has 0 aromatic carbocycles. The second kappa shape index (κ2) is 6.07. The number of nitrogens with zero attached hydrogens (tertiary/aromatic N) is 4. The van der Waals surface area contributed by atoms with Crippen LogP contribution in [-0.2, 0) is 10.9 Å². The Kier molecular flexibility index (Phi) is 4.09. The Bertz CT molecular complexity index is 808. The van der Waals surface area contributed by atoms with Gasteiger partial charge < -0.3 is 9.64 Å². The summed E-state index contributed by atoms with van der Waals surface area (Å²) in [5.41, 5.74) is -1.27. The van der Waals surface area contributed by atoms with Crippen LogP contribution >= 0.6 is 0 Å². The molecule has 0 unspecified atom stereocenters.